The number of carbonyl (C=O) groups excluding carboxylic acids is 2. The molecule has 3 rings (SSSR count). The number of halogens is 2. The smallest absolute Gasteiger partial charge is 0.268 e. The molecule has 0 aliphatic rings. The quantitative estimate of drug-likeness (QED) is 0.521. The first-order chi connectivity index (χ1) is 13.5. The molecule has 2 amide bonds. The molecule has 0 fully saturated rings. The van der Waals surface area contributed by atoms with Crippen LogP contribution in [0.15, 0.2) is 81.5 Å². The second-order valence-electron chi connectivity index (χ2n) is 5.83. The van der Waals surface area contributed by atoms with Gasteiger partial charge in [-0.05, 0) is 60.2 Å². The number of rotatable bonds is 6. The number of benzene rings is 2. The maximum atomic E-state index is 12.7. The van der Waals surface area contributed by atoms with Crippen LogP contribution in [0.1, 0.15) is 21.7 Å². The van der Waals surface area contributed by atoms with Gasteiger partial charge in [-0.25, -0.2) is 0 Å². The highest BCUT2D eigenvalue weighted by molar-refractivity contribution is 9.10. The van der Waals surface area contributed by atoms with Crippen molar-refractivity contribution in [2.45, 2.75) is 6.54 Å². The number of furan rings is 1. The summed E-state index contributed by atoms with van der Waals surface area (Å²) in [6.45, 7) is 0.206. The van der Waals surface area contributed by atoms with Crippen molar-refractivity contribution >= 4 is 45.4 Å². The Hall–Kier alpha value is -2.83. The third kappa shape index (κ3) is 5.58. The summed E-state index contributed by atoms with van der Waals surface area (Å²) in [7, 11) is 0. The molecule has 5 nitrogen and oxygen atoms in total. The molecule has 0 atom stereocenters. The van der Waals surface area contributed by atoms with Gasteiger partial charge in [0.25, 0.3) is 11.8 Å². The molecule has 0 saturated carbocycles. The number of amides is 2. The van der Waals surface area contributed by atoms with E-state index in [1.807, 2.05) is 0 Å². The Balaban J connectivity index is 1.80. The number of nitrogens with one attached hydrogen (secondary N) is 2. The fraction of sp³-hybridized carbons (Fsp3) is 0.0476. The Morgan fingerprint density at radius 2 is 1.75 bits per heavy atom. The van der Waals surface area contributed by atoms with Crippen LogP contribution in [0.5, 0.6) is 0 Å². The van der Waals surface area contributed by atoms with E-state index >= 15 is 0 Å². The van der Waals surface area contributed by atoms with Crippen LogP contribution in [0.25, 0.3) is 6.08 Å². The van der Waals surface area contributed by atoms with Crippen LogP contribution in [0.2, 0.25) is 5.02 Å². The molecule has 142 valence electrons. The van der Waals surface area contributed by atoms with Gasteiger partial charge in [0.1, 0.15) is 11.5 Å². The fourth-order valence-electron chi connectivity index (χ4n) is 2.36. The van der Waals surface area contributed by atoms with Crippen LogP contribution >= 0.6 is 27.5 Å². The second kappa shape index (κ2) is 9.39. The minimum Gasteiger partial charge on any atom is -0.467 e. The van der Waals surface area contributed by atoms with Crippen LogP contribution < -0.4 is 10.6 Å². The maximum Gasteiger partial charge on any atom is 0.268 e. The normalized spacial score (nSPS) is 11.1. The topological polar surface area (TPSA) is 71.3 Å². The molecule has 0 spiro atoms. The highest BCUT2D eigenvalue weighted by Gasteiger charge is 2.15. The summed E-state index contributed by atoms with van der Waals surface area (Å²) in [4.78, 5) is 25.2. The summed E-state index contributed by atoms with van der Waals surface area (Å²) >= 11 is 9.24. The summed E-state index contributed by atoms with van der Waals surface area (Å²) < 4.78 is 6.07. The molecule has 0 bridgehead atoms. The molecule has 7 heteroatoms. The SMILES string of the molecule is O=C(NCc1ccco1)/C(=C\c1ccc(Cl)cc1)NC(=O)c1ccc(Br)cc1. The zero-order valence-corrected chi connectivity index (χ0v) is 17.0. The zero-order valence-electron chi connectivity index (χ0n) is 14.6. The van der Waals surface area contributed by atoms with Crippen LogP contribution in [0.4, 0.5) is 0 Å². The fourth-order valence-corrected chi connectivity index (χ4v) is 2.75. The lowest BCUT2D eigenvalue weighted by molar-refractivity contribution is -0.118. The minimum absolute atomic E-state index is 0.113. The summed E-state index contributed by atoms with van der Waals surface area (Å²) in [5.41, 5.74) is 1.27. The summed E-state index contributed by atoms with van der Waals surface area (Å²) in [5, 5.41) is 5.99. The maximum absolute atomic E-state index is 12.7. The molecule has 2 N–H and O–H groups in total. The predicted molar refractivity (Wildman–Crippen MR) is 112 cm³/mol. The Bertz CT molecular complexity index is 982. The average molecular weight is 460 g/mol. The van der Waals surface area contributed by atoms with Crippen molar-refractivity contribution in [2.75, 3.05) is 0 Å². The van der Waals surface area contributed by atoms with Crippen LogP contribution in [0.3, 0.4) is 0 Å². The van der Waals surface area contributed by atoms with Crippen LogP contribution in [-0.4, -0.2) is 11.8 Å². The van der Waals surface area contributed by atoms with E-state index in [1.54, 1.807) is 66.7 Å². The van der Waals surface area contributed by atoms with Gasteiger partial charge in [0.05, 0.1) is 12.8 Å². The third-order valence-electron chi connectivity index (χ3n) is 3.78. The van der Waals surface area contributed by atoms with Crippen molar-refractivity contribution in [3.63, 3.8) is 0 Å². The molecular formula is C21H16BrClN2O3. The highest BCUT2D eigenvalue weighted by Crippen LogP contribution is 2.14. The number of hydrogen-bond donors (Lipinski definition) is 2. The standard InChI is InChI=1S/C21H16BrClN2O3/c22-16-7-5-15(6-8-16)20(26)25-19(12-14-3-9-17(23)10-4-14)21(27)24-13-18-2-1-11-28-18/h1-12H,13H2,(H,24,27)(H,25,26)/b19-12+. The van der Waals surface area contributed by atoms with Gasteiger partial charge >= 0.3 is 0 Å². The van der Waals surface area contributed by atoms with Crippen molar-refractivity contribution in [1.82, 2.24) is 10.6 Å². The van der Waals surface area contributed by atoms with Gasteiger partial charge in [-0.15, -0.1) is 0 Å². The van der Waals surface area contributed by atoms with E-state index in [0.717, 1.165) is 10.0 Å². The number of hydrogen-bond acceptors (Lipinski definition) is 3. The van der Waals surface area contributed by atoms with Crippen molar-refractivity contribution in [2.24, 2.45) is 0 Å². The molecule has 0 saturated heterocycles. The summed E-state index contributed by atoms with van der Waals surface area (Å²) in [5.74, 6) is -0.212. The van der Waals surface area contributed by atoms with E-state index in [0.29, 0.717) is 16.3 Å². The van der Waals surface area contributed by atoms with E-state index in [9.17, 15) is 9.59 Å². The van der Waals surface area contributed by atoms with Crippen molar-refractivity contribution in [1.29, 1.82) is 0 Å². The molecule has 28 heavy (non-hydrogen) atoms. The van der Waals surface area contributed by atoms with Crippen LogP contribution in [-0.2, 0) is 11.3 Å². The highest BCUT2D eigenvalue weighted by atomic mass is 79.9. The molecule has 1 aromatic heterocycles. The van der Waals surface area contributed by atoms with Gasteiger partial charge in [-0.1, -0.05) is 39.7 Å². The molecule has 0 aliphatic carbocycles. The average Bonchev–Trinajstić information content (AvgIpc) is 3.21. The van der Waals surface area contributed by atoms with E-state index in [2.05, 4.69) is 26.6 Å². The van der Waals surface area contributed by atoms with E-state index in [-0.39, 0.29) is 18.1 Å². The third-order valence-corrected chi connectivity index (χ3v) is 4.56. The van der Waals surface area contributed by atoms with Crippen LogP contribution in [0, 0.1) is 0 Å². The minimum atomic E-state index is -0.434. The first-order valence-corrected chi connectivity index (χ1v) is 9.53. The Morgan fingerprint density at radius 1 is 1.04 bits per heavy atom. The van der Waals surface area contributed by atoms with Gasteiger partial charge < -0.3 is 15.1 Å². The van der Waals surface area contributed by atoms with Gasteiger partial charge in [0.15, 0.2) is 0 Å². The second-order valence-corrected chi connectivity index (χ2v) is 7.18. The molecule has 0 radical (unpaired) electrons. The summed E-state index contributed by atoms with van der Waals surface area (Å²) in [6, 6.07) is 17.3. The first kappa shape index (κ1) is 19.9. The largest absolute Gasteiger partial charge is 0.467 e. The lowest BCUT2D eigenvalue weighted by Gasteiger charge is -2.11. The Morgan fingerprint density at radius 3 is 2.39 bits per heavy atom. The van der Waals surface area contributed by atoms with Crippen molar-refractivity contribution < 1.29 is 14.0 Å². The number of carbonyl (C=O) groups is 2. The van der Waals surface area contributed by atoms with Crippen molar-refractivity contribution in [3.8, 4) is 0 Å². The molecule has 1 heterocycles. The Labute approximate surface area is 175 Å². The summed E-state index contributed by atoms with van der Waals surface area (Å²) in [6.07, 6.45) is 3.12. The van der Waals surface area contributed by atoms with Gasteiger partial charge in [0, 0.05) is 15.1 Å². The van der Waals surface area contributed by atoms with Gasteiger partial charge in [-0.3, -0.25) is 9.59 Å². The lowest BCUT2D eigenvalue weighted by Crippen LogP contribution is -2.34. The van der Waals surface area contributed by atoms with Gasteiger partial charge in [-0.2, -0.15) is 0 Å². The molecule has 0 unspecified atom stereocenters. The van der Waals surface area contributed by atoms with E-state index < -0.39 is 5.91 Å². The first-order valence-electron chi connectivity index (χ1n) is 8.36. The predicted octanol–water partition coefficient (Wildman–Crippen LogP) is 4.78. The molecule has 2 aromatic carbocycles. The monoisotopic (exact) mass is 458 g/mol. The van der Waals surface area contributed by atoms with E-state index in [4.69, 9.17) is 16.0 Å². The zero-order chi connectivity index (χ0) is 19.9. The molecule has 0 aliphatic heterocycles. The van der Waals surface area contributed by atoms with Crippen molar-refractivity contribution in [3.05, 3.63) is 99.0 Å². The van der Waals surface area contributed by atoms with E-state index in [1.165, 1.54) is 6.26 Å². The lowest BCUT2D eigenvalue weighted by atomic mass is 10.1. The molecule has 3 aromatic rings. The Kier molecular flexibility index (Phi) is 6.68. The molecular weight excluding hydrogens is 444 g/mol. The van der Waals surface area contributed by atoms with Gasteiger partial charge in [0.2, 0.25) is 0 Å².